The van der Waals surface area contributed by atoms with Gasteiger partial charge in [-0.3, -0.25) is 4.79 Å². The number of nitrogens with zero attached hydrogens (tertiary/aromatic N) is 1. The molecule has 1 aromatic rings. The third-order valence-corrected chi connectivity index (χ3v) is 3.46. The van der Waals surface area contributed by atoms with Gasteiger partial charge in [0.15, 0.2) is 0 Å². The second-order valence-electron chi connectivity index (χ2n) is 4.52. The Hall–Kier alpha value is -1.64. The van der Waals surface area contributed by atoms with E-state index in [9.17, 15) is 14.0 Å². The number of rotatable bonds is 6. The Morgan fingerprint density at radius 2 is 2.00 bits per heavy atom. The maximum Gasteiger partial charge on any atom is 0.343 e. The number of benzene rings is 1. The normalized spacial score (nSPS) is 11.1. The molecule has 0 saturated carbocycles. The number of halogens is 2. The Bertz CT molecular complexity index is 614. The van der Waals surface area contributed by atoms with Crippen LogP contribution in [0.4, 0.5) is 4.39 Å². The number of Topliss-reactive ketones (excluding diaryl/α,β-unsaturated/α-hetero) is 1. The summed E-state index contributed by atoms with van der Waals surface area (Å²) in [5.41, 5.74) is -0.432. The summed E-state index contributed by atoms with van der Waals surface area (Å²) in [6, 6.07) is 2.47. The number of methoxy groups -OCH3 is 1. The van der Waals surface area contributed by atoms with Gasteiger partial charge in [0.05, 0.1) is 22.9 Å². The molecule has 7 heteroatoms. The summed E-state index contributed by atoms with van der Waals surface area (Å²) in [5, 5.41) is 0. The molecule has 0 unspecified atom stereocenters. The van der Waals surface area contributed by atoms with Crippen LogP contribution in [0, 0.1) is 9.39 Å². The zero-order valence-corrected chi connectivity index (χ0v) is 14.9. The van der Waals surface area contributed by atoms with Crippen molar-refractivity contribution >= 4 is 34.3 Å². The van der Waals surface area contributed by atoms with Crippen molar-refractivity contribution < 1.29 is 23.5 Å². The van der Waals surface area contributed by atoms with E-state index >= 15 is 0 Å². The Balaban J connectivity index is 3.31. The van der Waals surface area contributed by atoms with Gasteiger partial charge in [0.25, 0.3) is 0 Å². The summed E-state index contributed by atoms with van der Waals surface area (Å²) >= 11 is 1.93. The molecule has 0 fully saturated rings. The van der Waals surface area contributed by atoms with Gasteiger partial charge in [-0.05, 0) is 35.6 Å². The molecule has 0 aromatic heterocycles. The first-order valence-corrected chi connectivity index (χ1v) is 7.52. The molecule has 0 N–H and O–H groups in total. The molecular formula is C15H17FINO4. The van der Waals surface area contributed by atoms with Crippen LogP contribution in [0.15, 0.2) is 23.9 Å². The van der Waals surface area contributed by atoms with Crippen molar-refractivity contribution in [3.63, 3.8) is 0 Å². The number of ether oxygens (including phenoxy) is 2. The summed E-state index contributed by atoms with van der Waals surface area (Å²) in [6.45, 7) is 1.76. The van der Waals surface area contributed by atoms with Gasteiger partial charge in [0, 0.05) is 26.4 Å². The van der Waals surface area contributed by atoms with Crippen molar-refractivity contribution in [3.05, 3.63) is 38.9 Å². The van der Waals surface area contributed by atoms with Crippen molar-refractivity contribution in [1.29, 1.82) is 0 Å². The molecule has 0 heterocycles. The summed E-state index contributed by atoms with van der Waals surface area (Å²) in [4.78, 5) is 25.9. The average Bonchev–Trinajstić information content (AvgIpc) is 2.46. The highest BCUT2D eigenvalue weighted by atomic mass is 127. The Morgan fingerprint density at radius 1 is 1.36 bits per heavy atom. The maximum atomic E-state index is 14.1. The van der Waals surface area contributed by atoms with Gasteiger partial charge in [-0.15, -0.1) is 0 Å². The third kappa shape index (κ3) is 4.43. The average molecular weight is 421 g/mol. The minimum atomic E-state index is -0.786. The van der Waals surface area contributed by atoms with Crippen molar-refractivity contribution in [2.45, 2.75) is 6.92 Å². The van der Waals surface area contributed by atoms with E-state index in [0.717, 1.165) is 6.07 Å². The fourth-order valence-corrected chi connectivity index (χ4v) is 2.36. The van der Waals surface area contributed by atoms with Gasteiger partial charge < -0.3 is 14.4 Å². The SMILES string of the molecule is CCOC(=O)C(=CN(C)C)C(=O)c1cc(I)c(OC)cc1F. The molecule has 1 rings (SSSR count). The number of hydrogen-bond acceptors (Lipinski definition) is 5. The van der Waals surface area contributed by atoms with Crippen LogP contribution in [-0.4, -0.2) is 44.5 Å². The smallest absolute Gasteiger partial charge is 0.343 e. The van der Waals surface area contributed by atoms with Gasteiger partial charge in [-0.2, -0.15) is 0 Å². The molecule has 0 saturated heterocycles. The van der Waals surface area contributed by atoms with Crippen LogP contribution < -0.4 is 4.74 Å². The standard InChI is InChI=1S/C15H17FINO4/c1-5-22-15(20)10(8-18(2)3)14(19)9-6-12(17)13(21-4)7-11(9)16/h6-8H,5H2,1-4H3. The molecule has 120 valence electrons. The van der Waals surface area contributed by atoms with Gasteiger partial charge in [-0.1, -0.05) is 0 Å². The minimum absolute atomic E-state index is 0.125. The molecule has 0 aliphatic heterocycles. The number of esters is 1. The first-order valence-electron chi connectivity index (χ1n) is 6.44. The van der Waals surface area contributed by atoms with E-state index < -0.39 is 17.6 Å². The summed E-state index contributed by atoms with van der Waals surface area (Å²) in [5.74, 6) is -1.95. The second-order valence-corrected chi connectivity index (χ2v) is 5.68. The van der Waals surface area contributed by atoms with Gasteiger partial charge in [-0.25, -0.2) is 9.18 Å². The number of carbonyl (C=O) groups excluding carboxylic acids is 2. The molecule has 0 atom stereocenters. The lowest BCUT2D eigenvalue weighted by molar-refractivity contribution is -0.138. The van der Waals surface area contributed by atoms with Crippen LogP contribution >= 0.6 is 22.6 Å². The Kier molecular flexibility index (Phi) is 6.79. The highest BCUT2D eigenvalue weighted by Crippen LogP contribution is 2.26. The van der Waals surface area contributed by atoms with E-state index in [0.29, 0.717) is 9.32 Å². The molecule has 0 bridgehead atoms. The van der Waals surface area contributed by atoms with Gasteiger partial charge in [0.1, 0.15) is 17.1 Å². The van der Waals surface area contributed by atoms with Crippen LogP contribution in [0.1, 0.15) is 17.3 Å². The zero-order chi connectivity index (χ0) is 16.9. The first-order chi connectivity index (χ1) is 10.3. The first kappa shape index (κ1) is 18.4. The maximum absolute atomic E-state index is 14.1. The molecule has 0 spiro atoms. The highest BCUT2D eigenvalue weighted by Gasteiger charge is 2.25. The van der Waals surface area contributed by atoms with E-state index in [1.54, 1.807) is 21.0 Å². The highest BCUT2D eigenvalue weighted by molar-refractivity contribution is 14.1. The van der Waals surface area contributed by atoms with Crippen molar-refractivity contribution in [1.82, 2.24) is 4.90 Å². The molecular weight excluding hydrogens is 404 g/mol. The topological polar surface area (TPSA) is 55.8 Å². The fourth-order valence-electron chi connectivity index (χ4n) is 1.68. The Morgan fingerprint density at radius 3 is 2.50 bits per heavy atom. The lowest BCUT2D eigenvalue weighted by Crippen LogP contribution is -2.20. The van der Waals surface area contributed by atoms with E-state index in [2.05, 4.69) is 0 Å². The van der Waals surface area contributed by atoms with Crippen molar-refractivity contribution in [2.24, 2.45) is 0 Å². The Labute approximate surface area is 142 Å². The molecule has 0 aliphatic rings. The molecule has 0 radical (unpaired) electrons. The molecule has 1 aromatic carbocycles. The quantitative estimate of drug-likeness (QED) is 0.177. The lowest BCUT2D eigenvalue weighted by atomic mass is 10.0. The van der Waals surface area contributed by atoms with Crippen molar-refractivity contribution in [2.75, 3.05) is 27.8 Å². The summed E-state index contributed by atoms with van der Waals surface area (Å²) in [6.07, 6.45) is 1.32. The largest absolute Gasteiger partial charge is 0.496 e. The van der Waals surface area contributed by atoms with E-state index in [4.69, 9.17) is 9.47 Å². The van der Waals surface area contributed by atoms with Crippen molar-refractivity contribution in [3.8, 4) is 5.75 Å². The number of ketones is 1. The predicted molar refractivity (Wildman–Crippen MR) is 88.4 cm³/mol. The van der Waals surface area contributed by atoms with E-state index in [1.807, 2.05) is 22.6 Å². The molecule has 0 aliphatic carbocycles. The van der Waals surface area contributed by atoms with E-state index in [-0.39, 0.29) is 17.7 Å². The zero-order valence-electron chi connectivity index (χ0n) is 12.8. The van der Waals surface area contributed by atoms with Gasteiger partial charge in [0.2, 0.25) is 5.78 Å². The summed E-state index contributed by atoms with van der Waals surface area (Å²) in [7, 11) is 4.72. The minimum Gasteiger partial charge on any atom is -0.496 e. The molecule has 5 nitrogen and oxygen atoms in total. The summed E-state index contributed by atoms with van der Waals surface area (Å²) < 4.78 is 24.5. The lowest BCUT2D eigenvalue weighted by Gasteiger charge is -2.12. The van der Waals surface area contributed by atoms with E-state index in [1.165, 1.54) is 24.3 Å². The van der Waals surface area contributed by atoms with Crippen LogP contribution in [0.5, 0.6) is 5.75 Å². The van der Waals surface area contributed by atoms with Gasteiger partial charge >= 0.3 is 5.97 Å². The predicted octanol–water partition coefficient (Wildman–Crippen LogP) is 2.63. The molecule has 0 amide bonds. The second kappa shape index (κ2) is 8.11. The van der Waals surface area contributed by atoms with Crippen LogP contribution in [-0.2, 0) is 9.53 Å². The third-order valence-electron chi connectivity index (χ3n) is 2.61. The molecule has 22 heavy (non-hydrogen) atoms. The monoisotopic (exact) mass is 421 g/mol. The van der Waals surface area contributed by atoms with Crippen LogP contribution in [0.25, 0.3) is 0 Å². The van der Waals surface area contributed by atoms with Crippen LogP contribution in [0.2, 0.25) is 0 Å². The van der Waals surface area contributed by atoms with Crippen LogP contribution in [0.3, 0.4) is 0 Å². The number of hydrogen-bond donors (Lipinski definition) is 0. The fraction of sp³-hybridized carbons (Fsp3) is 0.333. The number of carbonyl (C=O) groups is 2.